The molecule has 0 radical (unpaired) electrons. The summed E-state index contributed by atoms with van der Waals surface area (Å²) in [7, 11) is -5.40. The maximum atomic E-state index is 12.2. The number of esters is 1. The Hall–Kier alpha value is -2.47. The molecule has 2 aliphatic heterocycles. The van der Waals surface area contributed by atoms with Gasteiger partial charge in [-0.3, -0.25) is 14.5 Å². The quantitative estimate of drug-likeness (QED) is 0.594. The number of amidine groups is 1. The number of aliphatic imine (C=N–C) groups is 1. The van der Waals surface area contributed by atoms with Crippen molar-refractivity contribution in [2.75, 3.05) is 25.2 Å². The summed E-state index contributed by atoms with van der Waals surface area (Å²) in [6.07, 6.45) is 0.349. The first-order valence-corrected chi connectivity index (χ1v) is 12.1. The molecule has 0 bridgehead atoms. The Morgan fingerprint density at radius 3 is 2.62 bits per heavy atom. The minimum Gasteiger partial charge on any atom is -0.454 e. The van der Waals surface area contributed by atoms with Gasteiger partial charge in [-0.2, -0.15) is 0 Å². The van der Waals surface area contributed by atoms with E-state index in [9.17, 15) is 26.4 Å². The van der Waals surface area contributed by atoms with Crippen molar-refractivity contribution in [1.82, 2.24) is 9.62 Å². The van der Waals surface area contributed by atoms with Crippen LogP contribution in [0.15, 0.2) is 34.2 Å². The Morgan fingerprint density at radius 2 is 1.97 bits per heavy atom. The summed E-state index contributed by atoms with van der Waals surface area (Å²) in [5.74, 6) is -1.37. The van der Waals surface area contributed by atoms with E-state index in [1.54, 1.807) is 18.2 Å². The van der Waals surface area contributed by atoms with Crippen LogP contribution in [0.2, 0.25) is 0 Å². The summed E-state index contributed by atoms with van der Waals surface area (Å²) in [6, 6.07) is 4.74. The van der Waals surface area contributed by atoms with E-state index in [1.807, 2.05) is 0 Å². The molecule has 1 fully saturated rings. The third-order valence-electron chi connectivity index (χ3n) is 4.81. The van der Waals surface area contributed by atoms with E-state index in [4.69, 9.17) is 4.74 Å². The molecule has 1 aromatic carbocycles. The highest BCUT2D eigenvalue weighted by Gasteiger charge is 2.34. The molecule has 0 aromatic heterocycles. The third-order valence-corrected chi connectivity index (χ3v) is 7.96. The number of fused-ring (bicyclic) bond motifs is 1. The number of nitrogens with zero attached hydrogens (tertiary/aromatic N) is 2. The molecule has 10 nitrogen and oxygen atoms in total. The zero-order valence-corrected chi connectivity index (χ0v) is 17.5. The number of carbonyl (C=O) groups is 2. The Bertz CT molecular complexity index is 1080. The predicted octanol–water partition coefficient (Wildman–Crippen LogP) is -0.698. The summed E-state index contributed by atoms with van der Waals surface area (Å²) in [5.41, 5.74) is 0.352. The average molecular weight is 444 g/mol. The zero-order valence-electron chi connectivity index (χ0n) is 15.9. The lowest BCUT2D eigenvalue weighted by atomic mass is 10.2. The second kappa shape index (κ2) is 7.75. The second-order valence-electron chi connectivity index (χ2n) is 6.92. The van der Waals surface area contributed by atoms with Crippen LogP contribution in [0.5, 0.6) is 0 Å². The molecule has 1 amide bonds. The molecule has 2 atom stereocenters. The normalized spacial score (nSPS) is 23.8. The van der Waals surface area contributed by atoms with Crippen LogP contribution in [0.25, 0.3) is 0 Å². The largest absolute Gasteiger partial charge is 0.454 e. The molecular weight excluding hydrogens is 422 g/mol. The van der Waals surface area contributed by atoms with E-state index < -0.39 is 50.4 Å². The third kappa shape index (κ3) is 4.58. The highest BCUT2D eigenvalue weighted by atomic mass is 32.2. The zero-order chi connectivity index (χ0) is 21.4. The molecule has 12 heteroatoms. The van der Waals surface area contributed by atoms with Crippen molar-refractivity contribution in [3.05, 3.63) is 29.8 Å². The molecule has 29 heavy (non-hydrogen) atoms. The van der Waals surface area contributed by atoms with E-state index in [1.165, 1.54) is 24.9 Å². The highest BCUT2D eigenvalue weighted by molar-refractivity contribution is 7.91. The highest BCUT2D eigenvalue weighted by Crippen LogP contribution is 2.22. The molecule has 3 rings (SSSR count). The molecule has 0 saturated carbocycles. The monoisotopic (exact) mass is 443 g/mol. The van der Waals surface area contributed by atoms with Crippen molar-refractivity contribution in [1.29, 1.82) is 0 Å². The van der Waals surface area contributed by atoms with Crippen LogP contribution in [-0.2, 0) is 34.2 Å². The number of likely N-dealkylation sites (N-methyl/N-ethyl adjacent to an activating group) is 1. The summed E-state index contributed by atoms with van der Waals surface area (Å²) in [4.78, 5) is 29.8. The van der Waals surface area contributed by atoms with Gasteiger partial charge in [-0.15, -0.1) is 0 Å². The SMILES string of the molecule is C[C@@H](N=C1NS(=O)(=O)c2ccccc21)C(=O)OCC(=O)N(C)[C@H]1CCS(=O)(=O)C1. The van der Waals surface area contributed by atoms with Crippen LogP contribution in [0, 0.1) is 0 Å². The fourth-order valence-electron chi connectivity index (χ4n) is 3.12. The number of sulfonamides is 1. The van der Waals surface area contributed by atoms with Gasteiger partial charge in [-0.05, 0) is 25.5 Å². The lowest BCUT2D eigenvalue weighted by molar-refractivity contribution is -0.152. The molecule has 2 aliphatic rings. The van der Waals surface area contributed by atoms with Crippen molar-refractivity contribution in [3.8, 4) is 0 Å². The van der Waals surface area contributed by atoms with Crippen molar-refractivity contribution < 1.29 is 31.2 Å². The van der Waals surface area contributed by atoms with E-state index in [2.05, 4.69) is 9.71 Å². The first-order valence-electron chi connectivity index (χ1n) is 8.83. The van der Waals surface area contributed by atoms with Crippen LogP contribution in [0.1, 0.15) is 18.9 Å². The van der Waals surface area contributed by atoms with Crippen LogP contribution >= 0.6 is 0 Å². The van der Waals surface area contributed by atoms with E-state index >= 15 is 0 Å². The van der Waals surface area contributed by atoms with Gasteiger partial charge < -0.3 is 9.64 Å². The number of benzene rings is 1. The minimum absolute atomic E-state index is 0.0288. The van der Waals surface area contributed by atoms with Crippen molar-refractivity contribution >= 4 is 37.6 Å². The van der Waals surface area contributed by atoms with Crippen molar-refractivity contribution in [2.45, 2.75) is 30.3 Å². The molecule has 1 saturated heterocycles. The Balaban J connectivity index is 1.60. The Labute approximate surface area is 168 Å². The van der Waals surface area contributed by atoms with Gasteiger partial charge in [0.25, 0.3) is 15.9 Å². The summed E-state index contributed by atoms with van der Waals surface area (Å²) < 4.78 is 54.5. The average Bonchev–Trinajstić information content (AvgIpc) is 3.15. The van der Waals surface area contributed by atoms with Crippen molar-refractivity contribution in [3.63, 3.8) is 0 Å². The standard InChI is InChI=1S/C17H21N3O7S2/c1-11(18-16-13-5-3-4-6-14(13)29(25,26)19-16)17(22)27-9-15(21)20(2)12-7-8-28(23,24)10-12/h3-6,11-12H,7-10H2,1-2H3,(H,18,19)/t11-,12+/m1/s1. The topological polar surface area (TPSA) is 139 Å². The summed E-state index contributed by atoms with van der Waals surface area (Å²) >= 11 is 0. The van der Waals surface area contributed by atoms with E-state index in [-0.39, 0.29) is 22.2 Å². The molecule has 1 aromatic rings. The minimum atomic E-state index is -3.72. The fraction of sp³-hybridized carbons (Fsp3) is 0.471. The van der Waals surface area contributed by atoms with Gasteiger partial charge in [-0.1, -0.05) is 12.1 Å². The predicted molar refractivity (Wildman–Crippen MR) is 104 cm³/mol. The van der Waals surface area contributed by atoms with Crippen molar-refractivity contribution in [2.24, 2.45) is 4.99 Å². The maximum absolute atomic E-state index is 12.2. The molecule has 0 unspecified atom stereocenters. The first-order chi connectivity index (χ1) is 13.5. The number of hydrogen-bond donors (Lipinski definition) is 1. The van der Waals surface area contributed by atoms with Crippen LogP contribution < -0.4 is 4.72 Å². The number of amides is 1. The molecule has 158 valence electrons. The lowest BCUT2D eigenvalue weighted by Gasteiger charge is -2.23. The summed E-state index contributed by atoms with van der Waals surface area (Å²) in [5, 5.41) is 0. The lowest BCUT2D eigenvalue weighted by Crippen LogP contribution is -2.40. The second-order valence-corrected chi connectivity index (χ2v) is 10.8. The molecular formula is C17H21N3O7S2. The number of nitrogens with one attached hydrogen (secondary N) is 1. The number of rotatable bonds is 5. The first kappa shape index (κ1) is 21.2. The van der Waals surface area contributed by atoms with Gasteiger partial charge in [-0.25, -0.2) is 21.6 Å². The number of carbonyl (C=O) groups excluding carboxylic acids is 2. The number of sulfone groups is 1. The van der Waals surface area contributed by atoms with E-state index in [0.717, 1.165) is 0 Å². The summed E-state index contributed by atoms with van der Waals surface area (Å²) in [6.45, 7) is 0.867. The number of hydrogen-bond acceptors (Lipinski definition) is 8. The Kier molecular flexibility index (Phi) is 5.68. The van der Waals surface area contributed by atoms with Gasteiger partial charge in [0.2, 0.25) is 0 Å². The number of ether oxygens (including phenoxy) is 1. The van der Waals surface area contributed by atoms with Gasteiger partial charge in [0, 0.05) is 18.7 Å². The molecule has 2 heterocycles. The van der Waals surface area contributed by atoms with Crippen LogP contribution in [0.4, 0.5) is 0 Å². The van der Waals surface area contributed by atoms with Gasteiger partial charge >= 0.3 is 5.97 Å². The molecule has 0 aliphatic carbocycles. The molecule has 0 spiro atoms. The van der Waals surface area contributed by atoms with Crippen LogP contribution in [-0.4, -0.2) is 76.7 Å². The molecule has 1 N–H and O–H groups in total. The van der Waals surface area contributed by atoms with Gasteiger partial charge in [0.1, 0.15) is 11.9 Å². The smallest absolute Gasteiger partial charge is 0.331 e. The van der Waals surface area contributed by atoms with E-state index in [0.29, 0.717) is 12.0 Å². The Morgan fingerprint density at radius 1 is 1.28 bits per heavy atom. The van der Waals surface area contributed by atoms with Gasteiger partial charge in [0.05, 0.1) is 16.4 Å². The maximum Gasteiger partial charge on any atom is 0.331 e. The fourth-order valence-corrected chi connectivity index (χ4v) is 6.13. The van der Waals surface area contributed by atoms with Crippen LogP contribution in [0.3, 0.4) is 0 Å². The van der Waals surface area contributed by atoms with Gasteiger partial charge in [0.15, 0.2) is 16.4 Å².